The van der Waals surface area contributed by atoms with E-state index in [0.29, 0.717) is 45.6 Å². The number of hydrazone groups is 1. The molecule has 1 amide bonds. The van der Waals surface area contributed by atoms with Crippen LogP contribution >= 0.6 is 0 Å². The number of fused-ring (bicyclic) bond motifs is 3. The number of carbonyl (C=O) groups excluding carboxylic acids is 1. The number of carbonyl (C=O) groups is 1. The van der Waals surface area contributed by atoms with Gasteiger partial charge in [0.05, 0.1) is 42.9 Å². The molecule has 6 rings (SSSR count). The Morgan fingerprint density at radius 3 is 2.52 bits per heavy atom. The minimum Gasteiger partial charge on any atom is -0.493 e. The zero-order valence-electron chi connectivity index (χ0n) is 24.7. The Morgan fingerprint density at radius 1 is 0.977 bits per heavy atom. The number of H-pyrrole nitrogens is 1. The molecule has 0 saturated heterocycles. The van der Waals surface area contributed by atoms with E-state index in [1.165, 1.54) is 18.3 Å². The Labute approximate surface area is 252 Å². The van der Waals surface area contributed by atoms with Crippen LogP contribution in [0.15, 0.2) is 71.8 Å². The summed E-state index contributed by atoms with van der Waals surface area (Å²) in [7, 11) is 4.87. The minimum absolute atomic E-state index is 0.172. The summed E-state index contributed by atoms with van der Waals surface area (Å²) in [6.45, 7) is 3.55. The second-order valence-electron chi connectivity index (χ2n) is 10.2. The van der Waals surface area contributed by atoms with Crippen molar-refractivity contribution in [3.8, 4) is 34.4 Å². The van der Waals surface area contributed by atoms with Crippen LogP contribution in [-0.4, -0.2) is 46.1 Å². The zero-order chi connectivity index (χ0) is 31.0. The fourth-order valence-electron chi connectivity index (χ4n) is 5.12. The van der Waals surface area contributed by atoms with Crippen LogP contribution < -0.4 is 19.6 Å². The highest BCUT2D eigenvalue weighted by atomic mass is 19.1. The number of halogens is 1. The lowest BCUT2D eigenvalue weighted by Gasteiger charge is -2.11. The number of hydrogen-bond donors (Lipinski definition) is 2. The summed E-state index contributed by atoms with van der Waals surface area (Å²) < 4.78 is 32.2. The van der Waals surface area contributed by atoms with Gasteiger partial charge in [-0.25, -0.2) is 19.5 Å². The Balaban J connectivity index is 1.35. The molecular weight excluding hydrogens is 563 g/mol. The van der Waals surface area contributed by atoms with Crippen LogP contribution in [0.5, 0.6) is 23.1 Å². The second kappa shape index (κ2) is 11.5. The van der Waals surface area contributed by atoms with E-state index in [1.54, 1.807) is 58.0 Å². The molecular formula is C33H29FN6O4. The summed E-state index contributed by atoms with van der Waals surface area (Å²) >= 11 is 0. The van der Waals surface area contributed by atoms with Gasteiger partial charge in [-0.05, 0) is 67.9 Å². The first-order chi connectivity index (χ1) is 21.3. The van der Waals surface area contributed by atoms with E-state index in [9.17, 15) is 9.18 Å². The number of pyridine rings is 1. The molecule has 44 heavy (non-hydrogen) atoms. The van der Waals surface area contributed by atoms with Crippen LogP contribution in [0.3, 0.4) is 0 Å². The van der Waals surface area contributed by atoms with Crippen LogP contribution in [-0.2, 0) is 7.05 Å². The van der Waals surface area contributed by atoms with Crippen LogP contribution in [0.4, 0.5) is 4.39 Å². The molecule has 222 valence electrons. The topological polar surface area (TPSA) is 116 Å². The third-order valence-corrected chi connectivity index (χ3v) is 7.30. The molecule has 0 spiro atoms. The SMILES string of the molecule is COc1ccc(-c2nc(C(=O)N/N=C/c3c(C)nn(C)c3Oc3ccc(F)cc3C)cc3c2[nH]c2ccccc23)cc1OC. The summed E-state index contributed by atoms with van der Waals surface area (Å²) in [6, 6.07) is 19.3. The van der Waals surface area contributed by atoms with Crippen molar-refractivity contribution in [1.29, 1.82) is 0 Å². The first-order valence-electron chi connectivity index (χ1n) is 13.7. The standard InChI is InChI=1S/C33H29FN6O4/c1-18-14-21(34)11-13-27(18)44-33-24(19(2)39-40(33)3)17-35-38-32(41)26-16-23-22-8-6-7-9-25(22)36-31(23)30(37-26)20-10-12-28(42-4)29(15-20)43-5/h6-17,36H,1-5H3,(H,38,41)/b35-17+. The van der Waals surface area contributed by atoms with Gasteiger partial charge in [-0.1, -0.05) is 18.2 Å². The Kier molecular flexibility index (Phi) is 7.44. The molecule has 0 unspecified atom stereocenters. The molecule has 3 aromatic carbocycles. The monoisotopic (exact) mass is 592 g/mol. The molecule has 0 radical (unpaired) electrons. The molecule has 6 aromatic rings. The predicted molar refractivity (Wildman–Crippen MR) is 166 cm³/mol. The first-order valence-corrected chi connectivity index (χ1v) is 13.7. The third-order valence-electron chi connectivity index (χ3n) is 7.30. The molecule has 2 N–H and O–H groups in total. The van der Waals surface area contributed by atoms with Gasteiger partial charge in [0.1, 0.15) is 17.3 Å². The normalized spacial score (nSPS) is 11.4. The number of nitrogens with zero attached hydrogens (tertiary/aromatic N) is 4. The van der Waals surface area contributed by atoms with Gasteiger partial charge in [-0.15, -0.1) is 0 Å². The quantitative estimate of drug-likeness (QED) is 0.155. The Hall–Kier alpha value is -5.71. The third kappa shape index (κ3) is 5.19. The summed E-state index contributed by atoms with van der Waals surface area (Å²) in [5.74, 6) is 1.13. The van der Waals surface area contributed by atoms with E-state index in [2.05, 4.69) is 20.6 Å². The van der Waals surface area contributed by atoms with Crippen molar-refractivity contribution in [1.82, 2.24) is 25.2 Å². The van der Waals surface area contributed by atoms with Gasteiger partial charge < -0.3 is 19.2 Å². The van der Waals surface area contributed by atoms with Crippen molar-refractivity contribution >= 4 is 33.9 Å². The van der Waals surface area contributed by atoms with Crippen molar-refractivity contribution in [2.24, 2.45) is 12.1 Å². The second-order valence-corrected chi connectivity index (χ2v) is 10.2. The number of para-hydroxylation sites is 1. The van der Waals surface area contributed by atoms with Gasteiger partial charge in [0.15, 0.2) is 11.5 Å². The van der Waals surface area contributed by atoms with Crippen molar-refractivity contribution in [3.05, 3.63) is 95.1 Å². The van der Waals surface area contributed by atoms with E-state index in [-0.39, 0.29) is 11.5 Å². The molecule has 0 bridgehead atoms. The minimum atomic E-state index is -0.506. The van der Waals surface area contributed by atoms with Gasteiger partial charge in [-0.2, -0.15) is 10.2 Å². The van der Waals surface area contributed by atoms with Gasteiger partial charge in [0, 0.05) is 28.9 Å². The molecule has 0 fully saturated rings. The van der Waals surface area contributed by atoms with Crippen LogP contribution in [0.25, 0.3) is 33.1 Å². The number of aryl methyl sites for hydroxylation is 3. The molecule has 0 saturated carbocycles. The molecule has 3 heterocycles. The van der Waals surface area contributed by atoms with Crippen LogP contribution in [0.2, 0.25) is 0 Å². The number of aromatic amines is 1. The highest BCUT2D eigenvalue weighted by Crippen LogP contribution is 2.37. The largest absolute Gasteiger partial charge is 0.493 e. The number of rotatable bonds is 8. The van der Waals surface area contributed by atoms with E-state index < -0.39 is 5.91 Å². The lowest BCUT2D eigenvalue weighted by molar-refractivity contribution is 0.0950. The fourth-order valence-corrected chi connectivity index (χ4v) is 5.12. The van der Waals surface area contributed by atoms with E-state index >= 15 is 0 Å². The molecule has 0 atom stereocenters. The van der Waals surface area contributed by atoms with Crippen LogP contribution in [0.1, 0.15) is 27.3 Å². The molecule has 0 aliphatic rings. The molecule has 0 aliphatic heterocycles. The Morgan fingerprint density at radius 2 is 1.75 bits per heavy atom. The van der Waals surface area contributed by atoms with Gasteiger partial charge >= 0.3 is 0 Å². The average molecular weight is 593 g/mol. The van der Waals surface area contributed by atoms with Gasteiger partial charge in [0.25, 0.3) is 5.91 Å². The van der Waals surface area contributed by atoms with Crippen molar-refractivity contribution in [3.63, 3.8) is 0 Å². The lowest BCUT2D eigenvalue weighted by Crippen LogP contribution is -2.19. The highest BCUT2D eigenvalue weighted by molar-refractivity contribution is 6.13. The zero-order valence-corrected chi connectivity index (χ0v) is 24.7. The number of nitrogens with one attached hydrogen (secondary N) is 2. The van der Waals surface area contributed by atoms with Crippen molar-refractivity contribution < 1.29 is 23.4 Å². The van der Waals surface area contributed by atoms with Crippen molar-refractivity contribution in [2.45, 2.75) is 13.8 Å². The number of amides is 1. The summed E-state index contributed by atoms with van der Waals surface area (Å²) in [4.78, 5) is 21.6. The van der Waals surface area contributed by atoms with E-state index in [4.69, 9.17) is 19.2 Å². The summed E-state index contributed by atoms with van der Waals surface area (Å²) in [5.41, 5.74) is 7.58. The number of methoxy groups -OCH3 is 2. The Bertz CT molecular complexity index is 2080. The maximum absolute atomic E-state index is 13.6. The van der Waals surface area contributed by atoms with Gasteiger partial charge in [0.2, 0.25) is 5.88 Å². The number of ether oxygens (including phenoxy) is 3. The maximum Gasteiger partial charge on any atom is 0.289 e. The van der Waals surface area contributed by atoms with Gasteiger partial charge in [-0.3, -0.25) is 4.79 Å². The van der Waals surface area contributed by atoms with E-state index in [1.807, 2.05) is 36.4 Å². The first kappa shape index (κ1) is 28.4. The molecule has 0 aliphatic carbocycles. The lowest BCUT2D eigenvalue weighted by atomic mass is 10.1. The smallest absolute Gasteiger partial charge is 0.289 e. The average Bonchev–Trinajstić information content (AvgIpc) is 3.53. The number of hydrogen-bond acceptors (Lipinski definition) is 7. The molecule has 3 aromatic heterocycles. The van der Waals surface area contributed by atoms with Crippen LogP contribution in [0, 0.1) is 19.7 Å². The fraction of sp³-hybridized carbons (Fsp3) is 0.152. The molecule has 11 heteroatoms. The summed E-state index contributed by atoms with van der Waals surface area (Å²) in [5, 5.41) is 10.4. The number of benzene rings is 3. The molecule has 10 nitrogen and oxygen atoms in total. The number of aromatic nitrogens is 4. The summed E-state index contributed by atoms with van der Waals surface area (Å²) in [6.07, 6.45) is 1.47. The maximum atomic E-state index is 13.6. The highest BCUT2D eigenvalue weighted by Gasteiger charge is 2.19. The van der Waals surface area contributed by atoms with E-state index in [0.717, 1.165) is 27.4 Å². The predicted octanol–water partition coefficient (Wildman–Crippen LogP) is 6.45. The van der Waals surface area contributed by atoms with Crippen molar-refractivity contribution in [2.75, 3.05) is 14.2 Å².